The van der Waals surface area contributed by atoms with Crippen molar-refractivity contribution in [3.05, 3.63) is 0 Å². The number of likely N-dealkylation sites (N-methyl/N-ethyl adjacent to an activating group) is 1. The molecule has 0 aromatic rings. The van der Waals surface area contributed by atoms with Gasteiger partial charge < -0.3 is 15.2 Å². The van der Waals surface area contributed by atoms with Gasteiger partial charge in [-0.2, -0.15) is 0 Å². The highest BCUT2D eigenvalue weighted by Gasteiger charge is 2.09. The van der Waals surface area contributed by atoms with Crippen LogP contribution >= 0.6 is 0 Å². The number of aldehydes is 1. The molecule has 0 radical (unpaired) electrons. The first-order chi connectivity index (χ1) is 4.22. The van der Waals surface area contributed by atoms with Gasteiger partial charge in [-0.1, -0.05) is 6.92 Å². The molecule has 0 aromatic carbocycles. The Kier molecular flexibility index (Phi) is 4.26. The second-order valence-corrected chi connectivity index (χ2v) is 1.97. The summed E-state index contributed by atoms with van der Waals surface area (Å²) in [6.45, 7) is 4.46. The molecular weight excluding hydrogens is 118 g/mol. The van der Waals surface area contributed by atoms with E-state index in [1.54, 1.807) is 6.92 Å². The average molecular weight is 131 g/mol. The molecule has 0 aliphatic rings. The Morgan fingerprint density at radius 1 is 1.78 bits per heavy atom. The van der Waals surface area contributed by atoms with E-state index in [-0.39, 0.29) is 6.04 Å². The number of carbonyl (C=O) groups excluding carboxylic acids is 1. The molecule has 3 nitrogen and oxygen atoms in total. The first-order valence-electron chi connectivity index (χ1n) is 3.09. The molecule has 0 aliphatic heterocycles. The van der Waals surface area contributed by atoms with Crippen LogP contribution in [-0.4, -0.2) is 30.1 Å². The predicted octanol–water partition coefficient (Wildman–Crippen LogP) is -0.456. The largest absolute Gasteiger partial charge is 0.384 e. The zero-order valence-electron chi connectivity index (χ0n) is 5.79. The van der Waals surface area contributed by atoms with Gasteiger partial charge in [-0.3, -0.25) is 0 Å². The minimum absolute atomic E-state index is 0.132. The second kappa shape index (κ2) is 4.47. The molecule has 2 unspecified atom stereocenters. The maximum Gasteiger partial charge on any atom is 0.150 e. The maximum atomic E-state index is 9.93. The molecule has 0 saturated carbocycles. The molecule has 0 heterocycles. The van der Waals surface area contributed by atoms with Crippen molar-refractivity contribution in [2.75, 3.05) is 6.54 Å². The molecule has 0 amide bonds. The number of carbonyl (C=O) groups is 1. The van der Waals surface area contributed by atoms with E-state index in [9.17, 15) is 4.79 Å². The highest BCUT2D eigenvalue weighted by atomic mass is 16.3. The van der Waals surface area contributed by atoms with Gasteiger partial charge in [0.2, 0.25) is 0 Å². The molecule has 0 aromatic heterocycles. The summed E-state index contributed by atoms with van der Waals surface area (Å²) in [5, 5.41) is 11.7. The smallest absolute Gasteiger partial charge is 0.150 e. The van der Waals surface area contributed by atoms with Crippen molar-refractivity contribution in [2.45, 2.75) is 26.0 Å². The van der Waals surface area contributed by atoms with E-state index in [2.05, 4.69) is 5.32 Å². The normalized spacial score (nSPS) is 16.8. The quantitative estimate of drug-likeness (QED) is 0.508. The number of hydrogen-bond acceptors (Lipinski definition) is 3. The van der Waals surface area contributed by atoms with Gasteiger partial charge in [0.25, 0.3) is 0 Å². The Hall–Kier alpha value is -0.410. The standard InChI is InChI=1S/C6H13NO2/c1-3-7-5(2)6(9)4-8/h4-7,9H,3H2,1-2H3. The van der Waals surface area contributed by atoms with E-state index in [0.717, 1.165) is 6.54 Å². The van der Waals surface area contributed by atoms with Gasteiger partial charge >= 0.3 is 0 Å². The van der Waals surface area contributed by atoms with Crippen LogP contribution in [0.4, 0.5) is 0 Å². The third-order valence-corrected chi connectivity index (χ3v) is 1.18. The molecule has 0 bridgehead atoms. The molecule has 54 valence electrons. The molecule has 3 heteroatoms. The molecule has 9 heavy (non-hydrogen) atoms. The second-order valence-electron chi connectivity index (χ2n) is 1.97. The van der Waals surface area contributed by atoms with Gasteiger partial charge in [-0.05, 0) is 13.5 Å². The average Bonchev–Trinajstić information content (AvgIpc) is 1.87. The van der Waals surface area contributed by atoms with Crippen molar-refractivity contribution in [1.29, 1.82) is 0 Å². The summed E-state index contributed by atoms with van der Waals surface area (Å²) in [6, 6.07) is -0.132. The van der Waals surface area contributed by atoms with Gasteiger partial charge in [0.15, 0.2) is 0 Å². The maximum absolute atomic E-state index is 9.93. The summed E-state index contributed by atoms with van der Waals surface area (Å²) in [4.78, 5) is 9.93. The number of nitrogens with one attached hydrogen (secondary N) is 1. The lowest BCUT2D eigenvalue weighted by Crippen LogP contribution is -2.37. The van der Waals surface area contributed by atoms with E-state index in [4.69, 9.17) is 5.11 Å². The summed E-state index contributed by atoms with van der Waals surface area (Å²) in [5.74, 6) is 0. The zero-order valence-corrected chi connectivity index (χ0v) is 5.79. The number of rotatable bonds is 4. The van der Waals surface area contributed by atoms with Crippen molar-refractivity contribution in [1.82, 2.24) is 5.32 Å². The van der Waals surface area contributed by atoms with Gasteiger partial charge in [0.1, 0.15) is 12.4 Å². The van der Waals surface area contributed by atoms with Crippen LogP contribution in [0.15, 0.2) is 0 Å². The minimum atomic E-state index is -0.870. The highest BCUT2D eigenvalue weighted by Crippen LogP contribution is 1.86. The zero-order chi connectivity index (χ0) is 7.28. The Morgan fingerprint density at radius 2 is 2.33 bits per heavy atom. The lowest BCUT2D eigenvalue weighted by Gasteiger charge is -2.12. The topological polar surface area (TPSA) is 49.3 Å². The van der Waals surface area contributed by atoms with E-state index in [1.165, 1.54) is 0 Å². The summed E-state index contributed by atoms with van der Waals surface area (Å²) < 4.78 is 0. The molecule has 0 spiro atoms. The van der Waals surface area contributed by atoms with Crippen molar-refractivity contribution in [3.63, 3.8) is 0 Å². The highest BCUT2D eigenvalue weighted by molar-refractivity contribution is 5.56. The predicted molar refractivity (Wildman–Crippen MR) is 35.2 cm³/mol. The van der Waals surface area contributed by atoms with Crippen LogP contribution in [0.3, 0.4) is 0 Å². The monoisotopic (exact) mass is 131 g/mol. The lowest BCUT2D eigenvalue weighted by atomic mass is 10.2. The number of hydrogen-bond donors (Lipinski definition) is 2. The Bertz CT molecular complexity index is 85.1. The Labute approximate surface area is 55.1 Å². The number of aliphatic hydroxyl groups excluding tert-OH is 1. The van der Waals surface area contributed by atoms with E-state index in [1.807, 2.05) is 6.92 Å². The van der Waals surface area contributed by atoms with Gasteiger partial charge in [0.05, 0.1) is 0 Å². The molecule has 0 fully saturated rings. The van der Waals surface area contributed by atoms with E-state index >= 15 is 0 Å². The van der Waals surface area contributed by atoms with Gasteiger partial charge in [-0.25, -0.2) is 0 Å². The molecule has 2 atom stereocenters. The van der Waals surface area contributed by atoms with Crippen molar-refractivity contribution >= 4 is 6.29 Å². The van der Waals surface area contributed by atoms with Crippen molar-refractivity contribution in [2.24, 2.45) is 0 Å². The van der Waals surface area contributed by atoms with Crippen LogP contribution in [-0.2, 0) is 4.79 Å². The van der Waals surface area contributed by atoms with Crippen LogP contribution in [0, 0.1) is 0 Å². The van der Waals surface area contributed by atoms with Crippen LogP contribution in [0.5, 0.6) is 0 Å². The summed E-state index contributed by atoms with van der Waals surface area (Å²) in [7, 11) is 0. The fourth-order valence-electron chi connectivity index (χ4n) is 0.561. The van der Waals surface area contributed by atoms with Gasteiger partial charge in [0, 0.05) is 6.04 Å². The van der Waals surface area contributed by atoms with Crippen LogP contribution in [0.2, 0.25) is 0 Å². The first-order valence-corrected chi connectivity index (χ1v) is 3.09. The molecule has 0 rings (SSSR count). The Morgan fingerprint density at radius 3 is 2.67 bits per heavy atom. The summed E-state index contributed by atoms with van der Waals surface area (Å²) in [6.07, 6.45) is -0.335. The summed E-state index contributed by atoms with van der Waals surface area (Å²) in [5.41, 5.74) is 0. The third kappa shape index (κ3) is 3.21. The summed E-state index contributed by atoms with van der Waals surface area (Å²) >= 11 is 0. The fourth-order valence-corrected chi connectivity index (χ4v) is 0.561. The van der Waals surface area contributed by atoms with E-state index < -0.39 is 6.10 Å². The van der Waals surface area contributed by atoms with Crippen LogP contribution in [0.25, 0.3) is 0 Å². The Balaban J connectivity index is 3.44. The van der Waals surface area contributed by atoms with E-state index in [0.29, 0.717) is 6.29 Å². The SMILES string of the molecule is CCNC(C)C(O)C=O. The minimum Gasteiger partial charge on any atom is -0.384 e. The first kappa shape index (κ1) is 8.59. The molecule has 0 saturated heterocycles. The number of aliphatic hydroxyl groups is 1. The van der Waals surface area contributed by atoms with Crippen LogP contribution < -0.4 is 5.32 Å². The van der Waals surface area contributed by atoms with Gasteiger partial charge in [-0.15, -0.1) is 0 Å². The lowest BCUT2D eigenvalue weighted by molar-refractivity contribution is -0.115. The van der Waals surface area contributed by atoms with Crippen molar-refractivity contribution < 1.29 is 9.90 Å². The fraction of sp³-hybridized carbons (Fsp3) is 0.833. The molecular formula is C6H13NO2. The van der Waals surface area contributed by atoms with Crippen LogP contribution in [0.1, 0.15) is 13.8 Å². The molecule has 2 N–H and O–H groups in total. The van der Waals surface area contributed by atoms with Crippen molar-refractivity contribution in [3.8, 4) is 0 Å². The molecule has 0 aliphatic carbocycles. The third-order valence-electron chi connectivity index (χ3n) is 1.18.